The highest BCUT2D eigenvalue weighted by molar-refractivity contribution is 5.22. The first-order valence-electron chi connectivity index (χ1n) is 3.54. The van der Waals surface area contributed by atoms with Gasteiger partial charge in [-0.05, 0) is 18.2 Å². The van der Waals surface area contributed by atoms with E-state index in [4.69, 9.17) is 10.8 Å². The van der Waals surface area contributed by atoms with E-state index in [0.717, 1.165) is 0 Å². The highest BCUT2D eigenvalue weighted by atomic mass is 16.6. The third-order valence-corrected chi connectivity index (χ3v) is 1.95. The zero-order chi connectivity index (χ0) is 9.19. The number of nitrogens with two attached hydrogens (primary N) is 1. The summed E-state index contributed by atoms with van der Waals surface area (Å²) in [6.07, 6.45) is 4.19. The first-order chi connectivity index (χ1) is 5.60. The molecule has 1 aliphatic rings. The highest BCUT2D eigenvalue weighted by Gasteiger charge is 2.39. The fourth-order valence-corrected chi connectivity index (χ4v) is 1.02. The molecule has 5 heteroatoms. The van der Waals surface area contributed by atoms with Crippen LogP contribution in [0.5, 0.6) is 0 Å². The summed E-state index contributed by atoms with van der Waals surface area (Å²) in [6, 6.07) is 0. The number of aliphatic hydroxyl groups excluding tert-OH is 1. The van der Waals surface area contributed by atoms with E-state index >= 15 is 0 Å². The molecule has 0 bridgehead atoms. The van der Waals surface area contributed by atoms with Gasteiger partial charge in [-0.1, -0.05) is 0 Å². The van der Waals surface area contributed by atoms with Crippen LogP contribution in [0.2, 0.25) is 0 Å². The van der Waals surface area contributed by atoms with Gasteiger partial charge in [-0.15, -0.1) is 0 Å². The Labute approximate surface area is 69.3 Å². The number of rotatable bonds is 2. The first-order valence-corrected chi connectivity index (χ1v) is 3.54. The standard InChI is InChI=1S/C7H10N2O3/c8-5-7(9(11)12)3-1-6(10)2-4-7/h1-3,10H,4-5,8H2. The lowest BCUT2D eigenvalue weighted by Crippen LogP contribution is -2.44. The molecule has 1 aliphatic carbocycles. The van der Waals surface area contributed by atoms with E-state index in [1.165, 1.54) is 18.2 Å². The lowest BCUT2D eigenvalue weighted by molar-refractivity contribution is -0.551. The van der Waals surface area contributed by atoms with Crippen molar-refractivity contribution in [2.75, 3.05) is 6.54 Å². The van der Waals surface area contributed by atoms with E-state index in [1.54, 1.807) is 0 Å². The van der Waals surface area contributed by atoms with Gasteiger partial charge in [0.1, 0.15) is 5.76 Å². The molecule has 0 aromatic heterocycles. The van der Waals surface area contributed by atoms with Crippen LogP contribution in [0.4, 0.5) is 0 Å². The van der Waals surface area contributed by atoms with Crippen LogP contribution >= 0.6 is 0 Å². The minimum absolute atomic E-state index is 0.0553. The smallest absolute Gasteiger partial charge is 0.256 e. The number of nitro groups is 1. The molecule has 1 atom stereocenters. The summed E-state index contributed by atoms with van der Waals surface area (Å²) in [5, 5.41) is 19.5. The summed E-state index contributed by atoms with van der Waals surface area (Å²) in [5.41, 5.74) is 4.06. The second-order valence-corrected chi connectivity index (χ2v) is 2.73. The van der Waals surface area contributed by atoms with Crippen molar-refractivity contribution >= 4 is 0 Å². The Hall–Kier alpha value is -1.36. The quantitative estimate of drug-likeness (QED) is 0.462. The Morgan fingerprint density at radius 1 is 1.83 bits per heavy atom. The van der Waals surface area contributed by atoms with Gasteiger partial charge in [-0.25, -0.2) is 0 Å². The molecular formula is C7H10N2O3. The van der Waals surface area contributed by atoms with Crippen LogP contribution in [0, 0.1) is 10.1 Å². The largest absolute Gasteiger partial charge is 0.508 e. The van der Waals surface area contributed by atoms with Gasteiger partial charge < -0.3 is 10.8 Å². The van der Waals surface area contributed by atoms with E-state index in [0.29, 0.717) is 0 Å². The van der Waals surface area contributed by atoms with Gasteiger partial charge in [-0.2, -0.15) is 0 Å². The summed E-state index contributed by atoms with van der Waals surface area (Å²) in [7, 11) is 0. The Kier molecular flexibility index (Phi) is 2.14. The van der Waals surface area contributed by atoms with Crippen molar-refractivity contribution in [1.29, 1.82) is 0 Å². The van der Waals surface area contributed by atoms with Crippen molar-refractivity contribution in [3.8, 4) is 0 Å². The number of hydrogen-bond acceptors (Lipinski definition) is 4. The Balaban J connectivity index is 2.88. The van der Waals surface area contributed by atoms with Crippen molar-refractivity contribution in [1.82, 2.24) is 0 Å². The Bertz CT molecular complexity index is 259. The normalized spacial score (nSPS) is 28.2. The van der Waals surface area contributed by atoms with Crippen LogP contribution in [0.3, 0.4) is 0 Å². The van der Waals surface area contributed by atoms with Crippen LogP contribution in [0.1, 0.15) is 6.42 Å². The molecule has 0 aromatic carbocycles. The molecule has 1 rings (SSSR count). The minimum atomic E-state index is -1.22. The van der Waals surface area contributed by atoms with E-state index in [2.05, 4.69) is 0 Å². The predicted octanol–water partition coefficient (Wildman–Crippen LogP) is 0.362. The third kappa shape index (κ3) is 1.31. The minimum Gasteiger partial charge on any atom is -0.508 e. The third-order valence-electron chi connectivity index (χ3n) is 1.95. The van der Waals surface area contributed by atoms with Crippen LogP contribution in [-0.2, 0) is 0 Å². The maximum Gasteiger partial charge on any atom is 0.256 e. The summed E-state index contributed by atoms with van der Waals surface area (Å²) < 4.78 is 0. The number of nitrogens with zero attached hydrogens (tertiary/aromatic N) is 1. The fourth-order valence-electron chi connectivity index (χ4n) is 1.02. The van der Waals surface area contributed by atoms with Crippen molar-refractivity contribution < 1.29 is 10.0 Å². The topological polar surface area (TPSA) is 89.4 Å². The van der Waals surface area contributed by atoms with E-state index < -0.39 is 10.5 Å². The zero-order valence-electron chi connectivity index (χ0n) is 6.43. The summed E-state index contributed by atoms with van der Waals surface area (Å²) in [5.74, 6) is 0.0564. The zero-order valence-corrected chi connectivity index (χ0v) is 6.43. The Morgan fingerprint density at radius 3 is 2.83 bits per heavy atom. The molecule has 0 aromatic rings. The van der Waals surface area contributed by atoms with Crippen molar-refractivity contribution in [3.63, 3.8) is 0 Å². The summed E-state index contributed by atoms with van der Waals surface area (Å²) in [6.45, 7) is -0.0553. The fraction of sp³-hybridized carbons (Fsp3) is 0.429. The molecule has 12 heavy (non-hydrogen) atoms. The van der Waals surface area contributed by atoms with Crippen molar-refractivity contribution in [3.05, 3.63) is 34.1 Å². The van der Waals surface area contributed by atoms with Gasteiger partial charge in [0.05, 0.1) is 6.54 Å². The van der Waals surface area contributed by atoms with Gasteiger partial charge in [0.15, 0.2) is 0 Å². The molecule has 0 radical (unpaired) electrons. The number of hydrogen-bond donors (Lipinski definition) is 2. The van der Waals surface area contributed by atoms with Crippen LogP contribution < -0.4 is 5.73 Å². The molecule has 0 spiro atoms. The molecule has 0 heterocycles. The highest BCUT2D eigenvalue weighted by Crippen LogP contribution is 2.21. The van der Waals surface area contributed by atoms with Crippen molar-refractivity contribution in [2.24, 2.45) is 5.73 Å². The molecule has 0 aliphatic heterocycles. The monoisotopic (exact) mass is 170 g/mol. The lowest BCUT2D eigenvalue weighted by Gasteiger charge is -2.20. The van der Waals surface area contributed by atoms with E-state index in [1.807, 2.05) is 0 Å². The lowest BCUT2D eigenvalue weighted by atomic mass is 9.92. The molecule has 0 amide bonds. The van der Waals surface area contributed by atoms with Gasteiger partial charge in [0.25, 0.3) is 5.54 Å². The van der Waals surface area contributed by atoms with E-state index in [-0.39, 0.29) is 18.7 Å². The molecule has 0 saturated heterocycles. The first kappa shape index (κ1) is 8.73. The molecule has 66 valence electrons. The van der Waals surface area contributed by atoms with Gasteiger partial charge in [-0.3, -0.25) is 10.1 Å². The molecular weight excluding hydrogens is 160 g/mol. The number of allylic oxidation sites excluding steroid dienone is 1. The maximum absolute atomic E-state index is 10.6. The van der Waals surface area contributed by atoms with Gasteiger partial charge in [0, 0.05) is 11.3 Å². The van der Waals surface area contributed by atoms with Crippen molar-refractivity contribution in [2.45, 2.75) is 12.0 Å². The average Bonchev–Trinajstić information content (AvgIpc) is 2.06. The summed E-state index contributed by atoms with van der Waals surface area (Å²) >= 11 is 0. The van der Waals surface area contributed by atoms with Crippen LogP contribution in [-0.4, -0.2) is 22.1 Å². The number of aliphatic hydroxyl groups is 1. The molecule has 0 saturated carbocycles. The predicted molar refractivity (Wildman–Crippen MR) is 43.2 cm³/mol. The summed E-state index contributed by atoms with van der Waals surface area (Å²) in [4.78, 5) is 10.2. The molecule has 1 unspecified atom stereocenters. The SMILES string of the molecule is NCC1([N+](=O)[O-])C=CC(O)=CC1. The van der Waals surface area contributed by atoms with Crippen LogP contribution in [0.25, 0.3) is 0 Å². The maximum atomic E-state index is 10.6. The van der Waals surface area contributed by atoms with Gasteiger partial charge >= 0.3 is 0 Å². The van der Waals surface area contributed by atoms with E-state index in [9.17, 15) is 10.1 Å². The van der Waals surface area contributed by atoms with Gasteiger partial charge in [0.2, 0.25) is 0 Å². The second kappa shape index (κ2) is 2.94. The molecule has 0 fully saturated rings. The average molecular weight is 170 g/mol. The molecule has 3 N–H and O–H groups in total. The Morgan fingerprint density at radius 2 is 2.50 bits per heavy atom. The second-order valence-electron chi connectivity index (χ2n) is 2.73. The molecule has 5 nitrogen and oxygen atoms in total. The van der Waals surface area contributed by atoms with Crippen LogP contribution in [0.15, 0.2) is 24.0 Å².